The van der Waals surface area contributed by atoms with Crippen LogP contribution in [0.2, 0.25) is 0 Å². The maximum absolute atomic E-state index is 12.3. The van der Waals surface area contributed by atoms with Crippen molar-refractivity contribution in [2.75, 3.05) is 33.3 Å². The van der Waals surface area contributed by atoms with E-state index in [0.717, 1.165) is 45.4 Å². The molecule has 2 aliphatic heterocycles. The van der Waals surface area contributed by atoms with E-state index < -0.39 is 0 Å². The first-order valence-electron chi connectivity index (χ1n) is 9.80. The van der Waals surface area contributed by atoms with Crippen molar-refractivity contribution in [3.05, 3.63) is 11.7 Å². The number of nitrogens with zero attached hydrogens (tertiary/aromatic N) is 4. The van der Waals surface area contributed by atoms with Gasteiger partial charge in [-0.15, -0.1) is 0 Å². The zero-order valence-electron chi connectivity index (χ0n) is 16.4. The van der Waals surface area contributed by atoms with Gasteiger partial charge in [-0.05, 0) is 38.1 Å². The van der Waals surface area contributed by atoms with Gasteiger partial charge in [-0.1, -0.05) is 19.0 Å². The highest BCUT2D eigenvalue weighted by atomic mass is 16.5. The third kappa shape index (κ3) is 4.82. The van der Waals surface area contributed by atoms with Gasteiger partial charge in [0.05, 0.1) is 6.54 Å². The Labute approximate surface area is 156 Å². The van der Waals surface area contributed by atoms with Gasteiger partial charge in [-0.3, -0.25) is 9.69 Å². The predicted molar refractivity (Wildman–Crippen MR) is 97.2 cm³/mol. The molecule has 0 bridgehead atoms. The number of hydrogen-bond acceptors (Lipinski definition) is 6. The fraction of sp³-hybridized carbons (Fsp3) is 0.842. The molecule has 146 valence electrons. The first-order chi connectivity index (χ1) is 12.5. The number of carbonyl (C=O) groups excluding carboxylic acids is 1. The number of carbonyl (C=O) groups is 1. The summed E-state index contributed by atoms with van der Waals surface area (Å²) >= 11 is 0. The summed E-state index contributed by atoms with van der Waals surface area (Å²) in [7, 11) is 1.62. The second-order valence-corrected chi connectivity index (χ2v) is 8.35. The maximum Gasteiger partial charge on any atom is 0.240 e. The molecule has 1 aromatic heterocycles. The van der Waals surface area contributed by atoms with E-state index in [-0.39, 0.29) is 5.41 Å². The Morgan fingerprint density at radius 2 is 2.15 bits per heavy atom. The lowest BCUT2D eigenvalue weighted by Crippen LogP contribution is -2.54. The van der Waals surface area contributed by atoms with E-state index in [2.05, 4.69) is 33.8 Å². The zero-order valence-corrected chi connectivity index (χ0v) is 16.4. The van der Waals surface area contributed by atoms with Crippen LogP contribution in [0.5, 0.6) is 0 Å². The van der Waals surface area contributed by atoms with Gasteiger partial charge >= 0.3 is 0 Å². The lowest BCUT2D eigenvalue weighted by Gasteiger charge is -2.48. The molecular weight excluding hydrogens is 332 g/mol. The van der Waals surface area contributed by atoms with E-state index in [0.29, 0.717) is 43.1 Å². The molecular formula is C19H32N4O3. The minimum absolute atomic E-state index is 0.221. The largest absolute Gasteiger partial charge is 0.377 e. The second-order valence-electron chi connectivity index (χ2n) is 8.35. The normalized spacial score (nSPS) is 24.8. The fourth-order valence-electron chi connectivity index (χ4n) is 4.23. The number of rotatable bonds is 7. The monoisotopic (exact) mass is 364 g/mol. The Kier molecular flexibility index (Phi) is 6.29. The number of hydrogen-bond donors (Lipinski definition) is 0. The number of aromatic nitrogens is 2. The highest BCUT2D eigenvalue weighted by Gasteiger charge is 2.41. The number of amides is 1. The SMILES string of the molecule is COCc1noc(CN2CCC[C@@]3(CCC(=O)N(CCC(C)C)C3)C2)n1. The van der Waals surface area contributed by atoms with E-state index in [1.807, 2.05) is 0 Å². The molecule has 0 unspecified atom stereocenters. The van der Waals surface area contributed by atoms with Crippen molar-refractivity contribution in [2.24, 2.45) is 11.3 Å². The molecule has 26 heavy (non-hydrogen) atoms. The van der Waals surface area contributed by atoms with Gasteiger partial charge in [-0.2, -0.15) is 4.98 Å². The summed E-state index contributed by atoms with van der Waals surface area (Å²) in [5.74, 6) is 2.20. The molecule has 2 fully saturated rings. The van der Waals surface area contributed by atoms with Gasteiger partial charge in [0.25, 0.3) is 0 Å². The van der Waals surface area contributed by atoms with E-state index in [9.17, 15) is 4.79 Å². The standard InChI is InChI=1S/C19H32N4O3/c1-15(2)6-10-23-14-19(8-5-18(23)24)7-4-9-22(13-19)11-17-20-16(12-25-3)21-26-17/h15H,4-14H2,1-3H3/t19-/m1/s1. The average molecular weight is 364 g/mol. The quantitative estimate of drug-likeness (QED) is 0.740. The summed E-state index contributed by atoms with van der Waals surface area (Å²) in [6, 6.07) is 0. The number of piperidine rings is 2. The third-order valence-corrected chi connectivity index (χ3v) is 5.61. The van der Waals surface area contributed by atoms with Crippen LogP contribution in [0.25, 0.3) is 0 Å². The minimum Gasteiger partial charge on any atom is -0.377 e. The molecule has 0 saturated carbocycles. The molecule has 3 heterocycles. The predicted octanol–water partition coefficient (Wildman–Crippen LogP) is 2.47. The van der Waals surface area contributed by atoms with Crippen molar-refractivity contribution < 1.29 is 14.1 Å². The van der Waals surface area contributed by atoms with Crippen LogP contribution in [0.15, 0.2) is 4.52 Å². The Balaban J connectivity index is 1.59. The molecule has 2 saturated heterocycles. The third-order valence-electron chi connectivity index (χ3n) is 5.61. The molecule has 0 radical (unpaired) electrons. The average Bonchev–Trinajstić information content (AvgIpc) is 3.03. The summed E-state index contributed by atoms with van der Waals surface area (Å²) in [6.07, 6.45) is 5.12. The van der Waals surface area contributed by atoms with Gasteiger partial charge in [0.2, 0.25) is 11.8 Å². The number of likely N-dealkylation sites (tertiary alicyclic amines) is 2. The van der Waals surface area contributed by atoms with Crippen molar-refractivity contribution in [2.45, 2.75) is 59.1 Å². The lowest BCUT2D eigenvalue weighted by molar-refractivity contribution is -0.139. The van der Waals surface area contributed by atoms with Crippen molar-refractivity contribution in [1.29, 1.82) is 0 Å². The molecule has 3 rings (SSSR count). The Morgan fingerprint density at radius 1 is 1.31 bits per heavy atom. The molecule has 1 spiro atoms. The van der Waals surface area contributed by atoms with Crippen LogP contribution in [0.1, 0.15) is 57.7 Å². The molecule has 1 amide bonds. The molecule has 2 aliphatic rings. The van der Waals surface area contributed by atoms with Crippen LogP contribution in [0.4, 0.5) is 0 Å². The smallest absolute Gasteiger partial charge is 0.240 e. The second kappa shape index (κ2) is 8.48. The van der Waals surface area contributed by atoms with Crippen molar-refractivity contribution in [1.82, 2.24) is 19.9 Å². The molecule has 7 nitrogen and oxygen atoms in total. The van der Waals surface area contributed by atoms with Crippen molar-refractivity contribution >= 4 is 5.91 Å². The van der Waals surface area contributed by atoms with Gasteiger partial charge < -0.3 is 14.2 Å². The summed E-state index contributed by atoms with van der Waals surface area (Å²) in [5, 5.41) is 3.95. The maximum atomic E-state index is 12.3. The Morgan fingerprint density at radius 3 is 2.92 bits per heavy atom. The number of methoxy groups -OCH3 is 1. The van der Waals surface area contributed by atoms with Crippen LogP contribution >= 0.6 is 0 Å². The Bertz CT molecular complexity index is 603. The van der Waals surface area contributed by atoms with E-state index in [4.69, 9.17) is 9.26 Å². The summed E-state index contributed by atoms with van der Waals surface area (Å²) in [6.45, 7) is 9.32. The molecule has 7 heteroatoms. The molecule has 1 aromatic rings. The molecule has 0 N–H and O–H groups in total. The zero-order chi connectivity index (χ0) is 18.6. The van der Waals surface area contributed by atoms with Crippen LogP contribution < -0.4 is 0 Å². The van der Waals surface area contributed by atoms with Crippen LogP contribution in [-0.2, 0) is 22.7 Å². The van der Waals surface area contributed by atoms with Crippen molar-refractivity contribution in [3.8, 4) is 0 Å². The first-order valence-corrected chi connectivity index (χ1v) is 9.80. The topological polar surface area (TPSA) is 71.7 Å². The van der Waals surface area contributed by atoms with Gasteiger partial charge in [0.15, 0.2) is 5.82 Å². The van der Waals surface area contributed by atoms with Gasteiger partial charge in [-0.25, -0.2) is 0 Å². The van der Waals surface area contributed by atoms with Gasteiger partial charge in [0.1, 0.15) is 6.61 Å². The molecule has 1 atom stereocenters. The molecule has 0 aliphatic carbocycles. The summed E-state index contributed by atoms with van der Waals surface area (Å²) in [5.41, 5.74) is 0.221. The van der Waals surface area contributed by atoms with Crippen LogP contribution in [0.3, 0.4) is 0 Å². The summed E-state index contributed by atoms with van der Waals surface area (Å²) < 4.78 is 10.4. The van der Waals surface area contributed by atoms with E-state index >= 15 is 0 Å². The fourth-order valence-corrected chi connectivity index (χ4v) is 4.23. The highest BCUT2D eigenvalue weighted by Crippen LogP contribution is 2.39. The lowest BCUT2D eigenvalue weighted by atomic mass is 9.73. The van der Waals surface area contributed by atoms with Crippen LogP contribution in [0, 0.1) is 11.3 Å². The molecule has 0 aromatic carbocycles. The number of ether oxygens (including phenoxy) is 1. The minimum atomic E-state index is 0.221. The Hall–Kier alpha value is -1.47. The first kappa shape index (κ1) is 19.3. The van der Waals surface area contributed by atoms with Crippen LogP contribution in [-0.4, -0.2) is 59.1 Å². The summed E-state index contributed by atoms with van der Waals surface area (Å²) in [4.78, 5) is 21.2. The van der Waals surface area contributed by atoms with E-state index in [1.165, 1.54) is 6.42 Å². The highest BCUT2D eigenvalue weighted by molar-refractivity contribution is 5.77. The van der Waals surface area contributed by atoms with E-state index in [1.54, 1.807) is 7.11 Å². The van der Waals surface area contributed by atoms with Crippen molar-refractivity contribution in [3.63, 3.8) is 0 Å². The van der Waals surface area contributed by atoms with Gasteiger partial charge in [0, 0.05) is 38.6 Å².